The van der Waals surface area contributed by atoms with Crippen LogP contribution in [-0.4, -0.2) is 15.9 Å². The third kappa shape index (κ3) is 4.50. The largest absolute Gasteiger partial charge is 0.340 e. The first-order chi connectivity index (χ1) is 12.9. The maximum Gasteiger partial charge on any atom is 0.274 e. The molecule has 5 nitrogen and oxygen atoms in total. The first kappa shape index (κ1) is 18.6. The molecule has 0 aliphatic carbocycles. The van der Waals surface area contributed by atoms with Crippen LogP contribution in [0, 0.1) is 13.8 Å². The molecule has 0 saturated carbocycles. The Balaban J connectivity index is 1.86. The highest BCUT2D eigenvalue weighted by atomic mass is 16.1. The van der Waals surface area contributed by atoms with E-state index >= 15 is 0 Å². The second-order valence-electron chi connectivity index (χ2n) is 6.82. The van der Waals surface area contributed by atoms with E-state index in [0.29, 0.717) is 23.3 Å². The first-order valence-electron chi connectivity index (χ1n) is 9.02. The van der Waals surface area contributed by atoms with Crippen molar-refractivity contribution < 1.29 is 4.79 Å². The predicted octanol–water partition coefficient (Wildman–Crippen LogP) is 5.21. The van der Waals surface area contributed by atoms with Gasteiger partial charge in [-0.1, -0.05) is 50.2 Å². The van der Waals surface area contributed by atoms with Gasteiger partial charge in [-0.25, -0.2) is 9.97 Å². The zero-order valence-electron chi connectivity index (χ0n) is 16.1. The lowest BCUT2D eigenvalue weighted by molar-refractivity contribution is 0.102. The van der Waals surface area contributed by atoms with Gasteiger partial charge in [0.05, 0.1) is 0 Å². The Kier molecular flexibility index (Phi) is 5.50. The fourth-order valence-electron chi connectivity index (χ4n) is 2.90. The lowest BCUT2D eigenvalue weighted by Gasteiger charge is -2.14. The summed E-state index contributed by atoms with van der Waals surface area (Å²) in [7, 11) is 0. The third-order valence-electron chi connectivity index (χ3n) is 4.31. The molecule has 0 fully saturated rings. The van der Waals surface area contributed by atoms with E-state index in [-0.39, 0.29) is 5.91 Å². The van der Waals surface area contributed by atoms with Crippen LogP contribution in [0.4, 0.5) is 17.2 Å². The first-order valence-corrected chi connectivity index (χ1v) is 9.02. The number of rotatable bonds is 5. The minimum Gasteiger partial charge on any atom is -0.340 e. The Morgan fingerprint density at radius 3 is 2.30 bits per heavy atom. The highest BCUT2D eigenvalue weighted by molar-refractivity contribution is 6.03. The minimum absolute atomic E-state index is 0.249. The fraction of sp³-hybridized carbons (Fsp3) is 0.227. The summed E-state index contributed by atoms with van der Waals surface area (Å²) < 4.78 is 0. The number of nitrogens with zero attached hydrogens (tertiary/aromatic N) is 2. The number of amides is 1. The third-order valence-corrected chi connectivity index (χ3v) is 4.31. The summed E-state index contributed by atoms with van der Waals surface area (Å²) in [6.45, 7) is 8.00. The monoisotopic (exact) mass is 360 g/mol. The van der Waals surface area contributed by atoms with Gasteiger partial charge in [0.25, 0.3) is 5.91 Å². The van der Waals surface area contributed by atoms with Crippen molar-refractivity contribution in [3.05, 3.63) is 77.2 Å². The molecule has 0 saturated heterocycles. The van der Waals surface area contributed by atoms with Crippen molar-refractivity contribution in [2.24, 2.45) is 0 Å². The summed E-state index contributed by atoms with van der Waals surface area (Å²) in [5.74, 6) is 1.20. The summed E-state index contributed by atoms with van der Waals surface area (Å²) in [6.07, 6.45) is 0. The molecule has 0 unspecified atom stereocenters. The zero-order valence-corrected chi connectivity index (χ0v) is 16.1. The van der Waals surface area contributed by atoms with Crippen molar-refractivity contribution >= 4 is 23.1 Å². The molecule has 1 amide bonds. The van der Waals surface area contributed by atoms with Crippen molar-refractivity contribution in [2.75, 3.05) is 10.6 Å². The number of para-hydroxylation sites is 2. The number of carbonyl (C=O) groups excluding carboxylic acids is 1. The maximum absolute atomic E-state index is 12.8. The average molecular weight is 360 g/mol. The standard InChI is InChI=1S/C22H24N4O/c1-14(2)17-10-6-8-12-19(17)26-22(27)20-13-21(24-16(4)23-20)25-18-11-7-5-9-15(18)3/h5-14H,1-4H3,(H,26,27)(H,23,24,25). The summed E-state index contributed by atoms with van der Waals surface area (Å²) in [4.78, 5) is 21.5. The lowest BCUT2D eigenvalue weighted by atomic mass is 10.0. The van der Waals surface area contributed by atoms with Crippen LogP contribution >= 0.6 is 0 Å². The van der Waals surface area contributed by atoms with Crippen LogP contribution in [0.25, 0.3) is 0 Å². The topological polar surface area (TPSA) is 66.9 Å². The molecule has 3 rings (SSSR count). The zero-order chi connectivity index (χ0) is 19.4. The van der Waals surface area contributed by atoms with Crippen molar-refractivity contribution in [3.8, 4) is 0 Å². The number of anilines is 3. The van der Waals surface area contributed by atoms with Crippen LogP contribution in [-0.2, 0) is 0 Å². The number of hydrogen-bond donors (Lipinski definition) is 2. The summed E-state index contributed by atoms with van der Waals surface area (Å²) in [5, 5.41) is 6.25. The fourth-order valence-corrected chi connectivity index (χ4v) is 2.90. The van der Waals surface area contributed by atoms with Crippen LogP contribution in [0.15, 0.2) is 54.6 Å². The van der Waals surface area contributed by atoms with Gasteiger partial charge in [-0.3, -0.25) is 4.79 Å². The van der Waals surface area contributed by atoms with E-state index in [2.05, 4.69) is 34.4 Å². The van der Waals surface area contributed by atoms with E-state index in [4.69, 9.17) is 0 Å². The quantitative estimate of drug-likeness (QED) is 0.655. The van der Waals surface area contributed by atoms with Crippen LogP contribution in [0.3, 0.4) is 0 Å². The molecule has 0 radical (unpaired) electrons. The Hall–Kier alpha value is -3.21. The highest BCUT2D eigenvalue weighted by Crippen LogP contribution is 2.24. The highest BCUT2D eigenvalue weighted by Gasteiger charge is 2.14. The van der Waals surface area contributed by atoms with E-state index in [9.17, 15) is 4.79 Å². The smallest absolute Gasteiger partial charge is 0.274 e. The van der Waals surface area contributed by atoms with Gasteiger partial charge in [-0.2, -0.15) is 0 Å². The molecule has 0 atom stereocenters. The summed E-state index contributed by atoms with van der Waals surface area (Å²) in [6, 6.07) is 17.4. The Bertz CT molecular complexity index is 966. The molecule has 2 N–H and O–H groups in total. The van der Waals surface area contributed by atoms with Gasteiger partial charge in [0.2, 0.25) is 0 Å². The summed E-state index contributed by atoms with van der Waals surface area (Å²) in [5.41, 5.74) is 4.28. The second kappa shape index (κ2) is 7.99. The van der Waals surface area contributed by atoms with E-state index in [1.54, 1.807) is 13.0 Å². The maximum atomic E-state index is 12.8. The molecule has 27 heavy (non-hydrogen) atoms. The van der Waals surface area contributed by atoms with Crippen molar-refractivity contribution in [3.63, 3.8) is 0 Å². The van der Waals surface area contributed by atoms with Gasteiger partial charge >= 0.3 is 0 Å². The number of carbonyl (C=O) groups is 1. The number of aryl methyl sites for hydroxylation is 2. The van der Waals surface area contributed by atoms with Gasteiger partial charge in [0.1, 0.15) is 17.3 Å². The van der Waals surface area contributed by atoms with Gasteiger partial charge in [-0.15, -0.1) is 0 Å². The predicted molar refractivity (Wildman–Crippen MR) is 110 cm³/mol. The van der Waals surface area contributed by atoms with E-state index in [1.807, 2.05) is 55.5 Å². The molecular formula is C22H24N4O. The number of hydrogen-bond acceptors (Lipinski definition) is 4. The molecule has 3 aromatic rings. The number of benzene rings is 2. The second-order valence-corrected chi connectivity index (χ2v) is 6.82. The molecule has 2 aromatic carbocycles. The van der Waals surface area contributed by atoms with Gasteiger partial charge in [-0.05, 0) is 43.0 Å². The molecule has 1 heterocycles. The summed E-state index contributed by atoms with van der Waals surface area (Å²) >= 11 is 0. The molecule has 0 aliphatic heterocycles. The van der Waals surface area contributed by atoms with Crippen LogP contribution in [0.5, 0.6) is 0 Å². The van der Waals surface area contributed by atoms with Gasteiger partial charge < -0.3 is 10.6 Å². The van der Waals surface area contributed by atoms with Crippen molar-refractivity contribution in [1.29, 1.82) is 0 Å². The molecule has 0 spiro atoms. The Labute approximate surface area is 159 Å². The van der Waals surface area contributed by atoms with Crippen LogP contribution in [0.2, 0.25) is 0 Å². The van der Waals surface area contributed by atoms with E-state index in [1.165, 1.54) is 0 Å². The van der Waals surface area contributed by atoms with E-state index in [0.717, 1.165) is 22.5 Å². The van der Waals surface area contributed by atoms with Gasteiger partial charge in [0, 0.05) is 17.4 Å². The SMILES string of the molecule is Cc1nc(Nc2ccccc2C)cc(C(=O)Nc2ccccc2C(C)C)n1. The molecular weight excluding hydrogens is 336 g/mol. The van der Waals surface area contributed by atoms with E-state index < -0.39 is 0 Å². The Morgan fingerprint density at radius 1 is 0.926 bits per heavy atom. The molecule has 0 bridgehead atoms. The van der Waals surface area contributed by atoms with Crippen molar-refractivity contribution in [2.45, 2.75) is 33.6 Å². The van der Waals surface area contributed by atoms with Crippen LogP contribution < -0.4 is 10.6 Å². The number of nitrogens with one attached hydrogen (secondary N) is 2. The molecule has 1 aromatic heterocycles. The number of aromatic nitrogens is 2. The lowest BCUT2D eigenvalue weighted by Crippen LogP contribution is -2.16. The molecule has 138 valence electrons. The normalized spacial score (nSPS) is 10.7. The average Bonchev–Trinajstić information content (AvgIpc) is 2.63. The molecule has 0 aliphatic rings. The van der Waals surface area contributed by atoms with Crippen molar-refractivity contribution in [1.82, 2.24) is 9.97 Å². The van der Waals surface area contributed by atoms with Gasteiger partial charge in [0.15, 0.2) is 0 Å². The Morgan fingerprint density at radius 2 is 1.59 bits per heavy atom. The molecule has 5 heteroatoms. The minimum atomic E-state index is -0.249. The van der Waals surface area contributed by atoms with Crippen LogP contribution in [0.1, 0.15) is 47.2 Å².